The molecule has 0 aliphatic carbocycles. The molecule has 0 aliphatic heterocycles. The van der Waals surface area contributed by atoms with Gasteiger partial charge in [-0.05, 0) is 49.2 Å². The Balaban J connectivity index is 1.74. The second-order valence-electron chi connectivity index (χ2n) is 7.22. The van der Waals surface area contributed by atoms with Crippen molar-refractivity contribution in [2.45, 2.75) is 20.0 Å². The molecule has 0 aliphatic rings. The fourth-order valence-electron chi connectivity index (χ4n) is 4.02. The third kappa shape index (κ3) is 2.62. The minimum atomic E-state index is -0.950. The Hall–Kier alpha value is -3.89. The lowest BCUT2D eigenvalue weighted by Gasteiger charge is -2.16. The van der Waals surface area contributed by atoms with Gasteiger partial charge in [0.05, 0.1) is 28.4 Å². The van der Waals surface area contributed by atoms with Crippen LogP contribution in [0.25, 0.3) is 33.2 Å². The van der Waals surface area contributed by atoms with Gasteiger partial charge in [-0.25, -0.2) is 4.98 Å². The minimum Gasteiger partial charge on any atom is -0.380 e. The monoisotopic (exact) mass is 382 g/mol. The molecular formula is C22H18N6O. The standard InChI is InChI=1S/C22H18N6O/c1-11-7-12(2)20-19(14(10-24-20)15-5-6-25-28-15)18(11)21(29)22-26-16-4-3-13(9-23)8-17(16)27-22/h3-8,10,21,24,29H,1-2H3,(H,25,28)(H,26,27). The number of imidazole rings is 1. The third-order valence-electron chi connectivity index (χ3n) is 5.36. The van der Waals surface area contributed by atoms with Gasteiger partial charge >= 0.3 is 0 Å². The fraction of sp³-hybridized carbons (Fsp3) is 0.136. The maximum atomic E-state index is 11.3. The number of rotatable bonds is 3. The number of nitriles is 1. The normalized spacial score (nSPS) is 12.5. The highest BCUT2D eigenvalue weighted by molar-refractivity contribution is 6.00. The van der Waals surface area contributed by atoms with Crippen molar-refractivity contribution in [2.24, 2.45) is 0 Å². The Morgan fingerprint density at radius 3 is 2.76 bits per heavy atom. The summed E-state index contributed by atoms with van der Waals surface area (Å²) >= 11 is 0. The summed E-state index contributed by atoms with van der Waals surface area (Å²) in [6, 6.07) is 11.3. The maximum absolute atomic E-state index is 11.3. The summed E-state index contributed by atoms with van der Waals surface area (Å²) in [6.45, 7) is 4.04. The number of hydrogen-bond donors (Lipinski definition) is 4. The van der Waals surface area contributed by atoms with Crippen LogP contribution in [0.4, 0.5) is 0 Å². The van der Waals surface area contributed by atoms with Gasteiger partial charge in [0, 0.05) is 34.4 Å². The van der Waals surface area contributed by atoms with Crippen LogP contribution in [0.2, 0.25) is 0 Å². The van der Waals surface area contributed by atoms with Crippen molar-refractivity contribution in [3.8, 4) is 17.3 Å². The zero-order valence-electron chi connectivity index (χ0n) is 15.9. The van der Waals surface area contributed by atoms with E-state index in [0.717, 1.165) is 44.4 Å². The molecule has 0 saturated heterocycles. The number of aromatic amines is 3. The lowest BCUT2D eigenvalue weighted by atomic mass is 9.93. The zero-order chi connectivity index (χ0) is 20.1. The van der Waals surface area contributed by atoms with E-state index in [-0.39, 0.29) is 0 Å². The highest BCUT2D eigenvalue weighted by Gasteiger charge is 2.24. The number of H-pyrrole nitrogens is 3. The number of nitrogens with zero attached hydrogens (tertiary/aromatic N) is 3. The van der Waals surface area contributed by atoms with Crippen molar-refractivity contribution in [3.05, 3.63) is 70.8 Å². The number of hydrogen-bond acceptors (Lipinski definition) is 4. The van der Waals surface area contributed by atoms with Crippen LogP contribution in [0.3, 0.4) is 0 Å². The molecule has 3 aromatic heterocycles. The van der Waals surface area contributed by atoms with E-state index in [9.17, 15) is 5.11 Å². The largest absolute Gasteiger partial charge is 0.380 e. The van der Waals surface area contributed by atoms with Crippen LogP contribution in [0.1, 0.15) is 34.2 Å². The van der Waals surface area contributed by atoms with Crippen molar-refractivity contribution < 1.29 is 5.11 Å². The van der Waals surface area contributed by atoms with Crippen LogP contribution in [0.15, 0.2) is 42.7 Å². The molecule has 0 radical (unpaired) electrons. The van der Waals surface area contributed by atoms with Crippen LogP contribution < -0.4 is 0 Å². The summed E-state index contributed by atoms with van der Waals surface area (Å²) in [6.07, 6.45) is 2.69. The Morgan fingerprint density at radius 2 is 2.00 bits per heavy atom. The summed E-state index contributed by atoms with van der Waals surface area (Å²) in [5, 5.41) is 28.5. The van der Waals surface area contributed by atoms with Gasteiger partial charge in [0.1, 0.15) is 11.9 Å². The second-order valence-corrected chi connectivity index (χ2v) is 7.22. The van der Waals surface area contributed by atoms with E-state index >= 15 is 0 Å². The molecule has 1 unspecified atom stereocenters. The highest BCUT2D eigenvalue weighted by Crippen LogP contribution is 2.38. The van der Waals surface area contributed by atoms with Gasteiger partial charge in [-0.15, -0.1) is 0 Å². The van der Waals surface area contributed by atoms with E-state index in [2.05, 4.69) is 37.3 Å². The van der Waals surface area contributed by atoms with E-state index in [1.54, 1.807) is 24.4 Å². The first-order valence-corrected chi connectivity index (χ1v) is 9.25. The summed E-state index contributed by atoms with van der Waals surface area (Å²) in [5.41, 5.74) is 7.62. The number of aliphatic hydroxyl groups excluding tert-OH is 1. The van der Waals surface area contributed by atoms with Crippen LogP contribution in [-0.2, 0) is 0 Å². The van der Waals surface area contributed by atoms with Crippen molar-refractivity contribution in [3.63, 3.8) is 0 Å². The maximum Gasteiger partial charge on any atom is 0.140 e. The number of aromatic nitrogens is 5. The first kappa shape index (κ1) is 17.2. The minimum absolute atomic E-state index is 0.445. The summed E-state index contributed by atoms with van der Waals surface area (Å²) in [4.78, 5) is 11.1. The van der Waals surface area contributed by atoms with Gasteiger partial charge < -0.3 is 15.1 Å². The highest BCUT2D eigenvalue weighted by atomic mass is 16.3. The number of nitrogens with one attached hydrogen (secondary N) is 3. The number of fused-ring (bicyclic) bond motifs is 2. The lowest BCUT2D eigenvalue weighted by Crippen LogP contribution is -2.06. The first-order chi connectivity index (χ1) is 14.1. The SMILES string of the molecule is Cc1cc(C)c2[nH]cc(-c3ccn[nH]3)c2c1C(O)c1nc2cc(C#N)ccc2[nH]1. The molecule has 1 atom stereocenters. The van der Waals surface area contributed by atoms with Crippen LogP contribution in [0.5, 0.6) is 0 Å². The Kier molecular flexibility index (Phi) is 3.76. The molecule has 0 spiro atoms. The third-order valence-corrected chi connectivity index (χ3v) is 5.36. The van der Waals surface area contributed by atoms with E-state index in [0.29, 0.717) is 16.9 Å². The van der Waals surface area contributed by atoms with Crippen molar-refractivity contribution in [1.29, 1.82) is 5.26 Å². The van der Waals surface area contributed by atoms with Crippen molar-refractivity contribution >= 4 is 21.9 Å². The van der Waals surface area contributed by atoms with E-state index in [1.807, 2.05) is 26.1 Å². The molecular weight excluding hydrogens is 364 g/mol. The van der Waals surface area contributed by atoms with E-state index < -0.39 is 6.10 Å². The van der Waals surface area contributed by atoms with Gasteiger partial charge in [0.2, 0.25) is 0 Å². The summed E-state index contributed by atoms with van der Waals surface area (Å²) < 4.78 is 0. The number of benzene rings is 2. The van der Waals surface area contributed by atoms with Gasteiger partial charge in [-0.1, -0.05) is 6.07 Å². The van der Waals surface area contributed by atoms with Crippen LogP contribution >= 0.6 is 0 Å². The van der Waals surface area contributed by atoms with Gasteiger partial charge in [-0.3, -0.25) is 5.10 Å². The Bertz CT molecular complexity index is 1400. The molecule has 7 heteroatoms. The van der Waals surface area contributed by atoms with Gasteiger partial charge in [0.15, 0.2) is 0 Å². The van der Waals surface area contributed by atoms with Crippen LogP contribution in [0, 0.1) is 25.2 Å². The molecule has 0 saturated carbocycles. The Morgan fingerprint density at radius 1 is 1.14 bits per heavy atom. The predicted molar refractivity (Wildman–Crippen MR) is 110 cm³/mol. The molecule has 4 N–H and O–H groups in total. The predicted octanol–water partition coefficient (Wildman–Crippen LogP) is 4.00. The topological polar surface area (TPSA) is 117 Å². The van der Waals surface area contributed by atoms with Crippen molar-refractivity contribution in [2.75, 3.05) is 0 Å². The summed E-state index contributed by atoms with van der Waals surface area (Å²) in [7, 11) is 0. The first-order valence-electron chi connectivity index (χ1n) is 9.25. The molecule has 7 nitrogen and oxygen atoms in total. The second kappa shape index (κ2) is 6.33. The molecule has 29 heavy (non-hydrogen) atoms. The van der Waals surface area contributed by atoms with E-state index in [1.165, 1.54) is 0 Å². The summed E-state index contributed by atoms with van der Waals surface area (Å²) in [5.74, 6) is 0.445. The fourth-order valence-corrected chi connectivity index (χ4v) is 4.02. The molecule has 0 bridgehead atoms. The molecule has 3 heterocycles. The number of aliphatic hydroxyl groups is 1. The molecule has 5 aromatic rings. The molecule has 5 rings (SSSR count). The molecule has 142 valence electrons. The van der Waals surface area contributed by atoms with Gasteiger partial charge in [-0.2, -0.15) is 10.4 Å². The average Bonchev–Trinajstić information content (AvgIpc) is 3.45. The molecule has 2 aromatic carbocycles. The average molecular weight is 382 g/mol. The lowest BCUT2D eigenvalue weighted by molar-refractivity contribution is 0.212. The molecule has 0 fully saturated rings. The smallest absolute Gasteiger partial charge is 0.140 e. The van der Waals surface area contributed by atoms with Crippen molar-refractivity contribution in [1.82, 2.24) is 25.1 Å². The van der Waals surface area contributed by atoms with Gasteiger partial charge in [0.25, 0.3) is 0 Å². The van der Waals surface area contributed by atoms with Crippen LogP contribution in [-0.4, -0.2) is 30.3 Å². The zero-order valence-corrected chi connectivity index (χ0v) is 15.9. The quantitative estimate of drug-likeness (QED) is 0.377. The van der Waals surface area contributed by atoms with E-state index in [4.69, 9.17) is 5.26 Å². The number of aryl methyl sites for hydroxylation is 2. The molecule has 0 amide bonds. The Labute approximate surface area is 166 Å².